The Morgan fingerprint density at radius 1 is 0.559 bits per heavy atom. The Hall–Kier alpha value is -4.93. The number of methoxy groups -OCH3 is 3. The molecule has 6 atom stereocenters. The van der Waals surface area contributed by atoms with Crippen molar-refractivity contribution in [2.45, 2.75) is 18.3 Å². The van der Waals surface area contributed by atoms with E-state index in [1.165, 1.54) is 0 Å². The summed E-state index contributed by atoms with van der Waals surface area (Å²) in [5, 5.41) is 27.6. The normalized spacial score (nSPS) is 22.7. The summed E-state index contributed by atoms with van der Waals surface area (Å²) in [4.78, 5) is 87.4. The molecule has 0 aromatic rings. The number of amides is 3. The van der Waals surface area contributed by atoms with E-state index in [1.807, 2.05) is 35.8 Å². The van der Waals surface area contributed by atoms with E-state index in [0.717, 1.165) is 0 Å². The van der Waals surface area contributed by atoms with Crippen molar-refractivity contribution in [2.24, 2.45) is 32.2 Å². The highest BCUT2D eigenvalue weighted by Gasteiger charge is 2.44. The van der Waals surface area contributed by atoms with E-state index >= 15 is 0 Å². The number of quaternary nitrogens is 3. The summed E-state index contributed by atoms with van der Waals surface area (Å²) in [6.07, 6.45) is -1.25. The number of nitrogens with one attached hydrogen (secondary N) is 3. The van der Waals surface area contributed by atoms with Crippen molar-refractivity contribution in [3.8, 4) is 0 Å². The number of guanidine groups is 3. The number of phosphoric acid groups is 1. The van der Waals surface area contributed by atoms with Crippen LogP contribution in [-0.4, -0.2) is 242 Å². The minimum atomic E-state index is -5.39. The lowest BCUT2D eigenvalue weighted by atomic mass is 10.3. The topological polar surface area (TPSA) is 401 Å². The highest BCUT2D eigenvalue weighted by molar-refractivity contribution is 7.40. The first kappa shape index (κ1) is 57.4. The van der Waals surface area contributed by atoms with Gasteiger partial charge >= 0.3 is 35.6 Å². The molecule has 6 rings (SSSR count). The lowest BCUT2D eigenvalue weighted by Crippen LogP contribution is -3.16. The Labute approximate surface area is 392 Å². The number of hydrogen-bond donors (Lipinski definition) is 9. The van der Waals surface area contributed by atoms with E-state index in [4.69, 9.17) is 64.9 Å². The third-order valence-electron chi connectivity index (χ3n) is 10.4. The molecule has 6 heterocycles. The van der Waals surface area contributed by atoms with Crippen LogP contribution in [0.3, 0.4) is 0 Å². The van der Waals surface area contributed by atoms with Crippen molar-refractivity contribution >= 4 is 43.4 Å². The SMILES string of the molecule is COCC(CO)OCN1CN(C)C2=C1N=C(N)[NH+](C)C2=O.COCC(CO)OCN1CN(C)C2=C1N=C(N)[NH+](C)C2=O.COCC(CO)OCN1CN(C)C2=C1N=C(N)[NH+](C)C2=O.O=P([O-])([O-])[O-]. The number of aliphatic hydroxyl groups excluding tert-OH is 3. The van der Waals surface area contributed by atoms with Gasteiger partial charge in [0.1, 0.15) is 38.5 Å². The highest BCUT2D eigenvalue weighted by atomic mass is 31.2. The monoisotopic (exact) mass is 995 g/mol. The number of rotatable bonds is 18. The molecule has 0 fully saturated rings. The first-order chi connectivity index (χ1) is 32.0. The maximum Gasteiger partial charge on any atom is 0.371 e. The van der Waals surface area contributed by atoms with Gasteiger partial charge in [0, 0.05) is 42.5 Å². The largest absolute Gasteiger partial charge is 0.822 e. The van der Waals surface area contributed by atoms with Gasteiger partial charge in [-0.1, -0.05) is 0 Å². The minimum Gasteiger partial charge on any atom is -0.822 e. The van der Waals surface area contributed by atoms with Crippen molar-refractivity contribution in [2.75, 3.05) is 143 Å². The first-order valence-corrected chi connectivity index (χ1v) is 22.1. The molecule has 6 unspecified atom stereocenters. The maximum atomic E-state index is 12.2. The van der Waals surface area contributed by atoms with Gasteiger partial charge in [0.15, 0.2) is 34.6 Å². The van der Waals surface area contributed by atoms with Gasteiger partial charge in [0.2, 0.25) is 0 Å². The van der Waals surface area contributed by atoms with Crippen molar-refractivity contribution in [1.82, 2.24) is 29.4 Å². The van der Waals surface area contributed by atoms with Gasteiger partial charge in [-0.05, 0) is 0 Å². The van der Waals surface area contributed by atoms with Crippen LogP contribution in [0.1, 0.15) is 0 Å². The number of nitrogens with zero attached hydrogens (tertiary/aromatic N) is 9. The summed E-state index contributed by atoms with van der Waals surface area (Å²) < 4.78 is 40.1. The molecule has 3 amide bonds. The number of hydrogen-bond acceptors (Lipinski definition) is 28. The molecule has 0 aromatic heterocycles. The van der Waals surface area contributed by atoms with Crippen molar-refractivity contribution in [1.29, 1.82) is 0 Å². The lowest BCUT2D eigenvalue weighted by Gasteiger charge is -2.36. The van der Waals surface area contributed by atoms with E-state index in [9.17, 15) is 29.7 Å². The molecule has 0 bridgehead atoms. The summed E-state index contributed by atoms with van der Waals surface area (Å²) in [5.41, 5.74) is 18.9. The second-order valence-corrected chi connectivity index (χ2v) is 16.5. The molecule has 31 nitrogen and oxygen atoms in total. The fourth-order valence-electron chi connectivity index (χ4n) is 6.72. The summed E-state index contributed by atoms with van der Waals surface area (Å²) in [6, 6.07) is 0. The predicted octanol–water partition coefficient (Wildman–Crippen LogP) is -12.7. The maximum absolute atomic E-state index is 12.2. The Balaban J connectivity index is 0.000000257. The van der Waals surface area contributed by atoms with Crippen LogP contribution >= 0.6 is 7.82 Å². The smallest absolute Gasteiger partial charge is 0.371 e. The van der Waals surface area contributed by atoms with Crippen LogP contribution in [0.15, 0.2) is 49.5 Å². The average Bonchev–Trinajstić information content (AvgIpc) is 3.89. The fourth-order valence-corrected chi connectivity index (χ4v) is 6.72. The standard InChI is InChI=1S/3C12H21N5O4.H3O4P/c3*1-15-6-17(7-21-8(4-18)5-20-3)10-9(15)11(19)16(2)12(13)14-10;1-5(2,3)4/h3*8,18H,4-7H2,1-3H3,(H2,13,14);(H3,1,2,3,4). The number of carbonyl (C=O) groups is 3. The van der Waals surface area contributed by atoms with Crippen LogP contribution in [0.4, 0.5) is 0 Å². The second kappa shape index (κ2) is 26.2. The number of carbonyl (C=O) groups excluding carboxylic acids is 3. The highest BCUT2D eigenvalue weighted by Crippen LogP contribution is 2.26. The van der Waals surface area contributed by atoms with Gasteiger partial charge in [-0.3, -0.25) is 0 Å². The molecule has 0 spiro atoms. The van der Waals surface area contributed by atoms with E-state index < -0.39 is 26.1 Å². The van der Waals surface area contributed by atoms with E-state index in [1.54, 1.807) is 57.2 Å². The van der Waals surface area contributed by atoms with E-state index in [2.05, 4.69) is 15.0 Å². The summed E-state index contributed by atoms with van der Waals surface area (Å²) in [5.74, 6) is 1.90. The zero-order valence-electron chi connectivity index (χ0n) is 39.6. The molecule has 12 N–H and O–H groups in total. The Bertz CT molecular complexity index is 1810. The number of ether oxygens (including phenoxy) is 6. The zero-order valence-corrected chi connectivity index (χ0v) is 40.5. The second-order valence-electron chi connectivity index (χ2n) is 15.6. The van der Waals surface area contributed by atoms with E-state index in [-0.39, 0.29) is 75.6 Å². The molecule has 0 saturated heterocycles. The van der Waals surface area contributed by atoms with Gasteiger partial charge in [-0.25, -0.2) is 29.1 Å². The van der Waals surface area contributed by atoms with Crippen LogP contribution < -0.4 is 46.6 Å². The number of likely N-dealkylation sites (N-methyl/N-ethyl adjacent to an activating group) is 6. The Kier molecular flexibility index (Phi) is 22.1. The van der Waals surface area contributed by atoms with Gasteiger partial charge in [-0.15, -0.1) is 0 Å². The number of aliphatic hydroxyl groups is 3. The molecule has 386 valence electrons. The van der Waals surface area contributed by atoms with Gasteiger partial charge in [0.05, 0.1) is 80.8 Å². The Morgan fingerprint density at radius 3 is 0.971 bits per heavy atom. The predicted molar refractivity (Wildman–Crippen MR) is 229 cm³/mol. The van der Waals surface area contributed by atoms with Crippen LogP contribution in [0.5, 0.6) is 0 Å². The minimum absolute atomic E-state index is 0.113. The van der Waals surface area contributed by atoms with Crippen molar-refractivity contribution < 1.29 is 92.1 Å². The summed E-state index contributed by atoms with van der Waals surface area (Å²) in [7, 11) is 9.68. The quantitative estimate of drug-likeness (QED) is 0.0576. The average molecular weight is 996 g/mol. The molecule has 32 heteroatoms. The third kappa shape index (κ3) is 15.0. The molecule has 0 saturated carbocycles. The number of aliphatic imine (C=N–C) groups is 3. The third-order valence-corrected chi connectivity index (χ3v) is 10.4. The molecule has 68 heavy (non-hydrogen) atoms. The molecule has 0 aliphatic carbocycles. The van der Waals surface area contributed by atoms with E-state index in [0.29, 0.717) is 89.1 Å². The lowest BCUT2D eigenvalue weighted by molar-refractivity contribution is -0.696. The summed E-state index contributed by atoms with van der Waals surface area (Å²) >= 11 is 0. The van der Waals surface area contributed by atoms with Crippen LogP contribution in [0, 0.1) is 0 Å². The van der Waals surface area contributed by atoms with Gasteiger partial charge in [-0.2, -0.15) is 22.8 Å². The van der Waals surface area contributed by atoms with Crippen molar-refractivity contribution in [3.05, 3.63) is 34.6 Å². The first-order valence-electron chi connectivity index (χ1n) is 20.6. The van der Waals surface area contributed by atoms with Crippen molar-refractivity contribution in [3.63, 3.8) is 0 Å². The molecular weight excluding hydrogens is 929 g/mol. The zero-order chi connectivity index (χ0) is 51.2. The van der Waals surface area contributed by atoms with Crippen LogP contribution in [0.2, 0.25) is 0 Å². The molecule has 6 aliphatic heterocycles. The Morgan fingerprint density at radius 2 is 0.779 bits per heavy atom. The van der Waals surface area contributed by atoms with Gasteiger partial charge in [0.25, 0.3) is 0 Å². The van der Waals surface area contributed by atoms with Crippen LogP contribution in [0.25, 0.3) is 0 Å². The molecule has 0 radical (unpaired) electrons. The molecule has 0 aromatic carbocycles. The fraction of sp³-hybridized carbons (Fsp3) is 0.667. The van der Waals surface area contributed by atoms with Crippen LogP contribution in [-0.2, 0) is 47.4 Å². The van der Waals surface area contributed by atoms with Gasteiger partial charge < -0.3 is 110 Å². The summed E-state index contributed by atoms with van der Waals surface area (Å²) in [6.45, 7) is 2.49. The molecular formula is C36H66N15O16P. The number of nitrogens with two attached hydrogens (primary N) is 3. The molecule has 6 aliphatic rings.